The van der Waals surface area contributed by atoms with E-state index < -0.39 is 0 Å². The SMILES string of the molecule is Cc1c(C(=O)N(C)c2ccc(O)cc2)sc2nc(-c3ccc(F)cc3)cn12. The third-order valence-electron chi connectivity index (χ3n) is 4.43. The fraction of sp³-hybridized carbons (Fsp3) is 0.100. The van der Waals surface area contributed by atoms with Gasteiger partial charge in [-0.3, -0.25) is 9.20 Å². The van der Waals surface area contributed by atoms with Crippen LogP contribution in [0.2, 0.25) is 0 Å². The molecule has 0 atom stereocenters. The van der Waals surface area contributed by atoms with Crippen LogP contribution >= 0.6 is 11.3 Å². The van der Waals surface area contributed by atoms with E-state index in [2.05, 4.69) is 4.98 Å². The Morgan fingerprint density at radius 1 is 1.15 bits per heavy atom. The number of carbonyl (C=O) groups excluding carboxylic acids is 1. The topological polar surface area (TPSA) is 57.8 Å². The molecule has 136 valence electrons. The number of hydrogen-bond donors (Lipinski definition) is 1. The number of aryl methyl sites for hydroxylation is 1. The van der Waals surface area contributed by atoms with Crippen LogP contribution in [0.15, 0.2) is 54.7 Å². The second-order valence-corrected chi connectivity index (χ2v) is 7.16. The van der Waals surface area contributed by atoms with Gasteiger partial charge in [-0.05, 0) is 55.5 Å². The number of halogens is 1. The predicted octanol–water partition coefficient (Wildman–Crippen LogP) is 4.49. The molecule has 0 aliphatic rings. The molecule has 5 nitrogen and oxygen atoms in total. The number of phenolic OH excluding ortho intramolecular Hbond substituents is 1. The van der Waals surface area contributed by atoms with Gasteiger partial charge in [0.15, 0.2) is 4.96 Å². The van der Waals surface area contributed by atoms with Crippen LogP contribution in [0.25, 0.3) is 16.2 Å². The average molecular weight is 381 g/mol. The van der Waals surface area contributed by atoms with Crippen LogP contribution in [0.5, 0.6) is 5.75 Å². The maximum Gasteiger partial charge on any atom is 0.270 e. The molecule has 0 radical (unpaired) electrons. The Labute approximate surface area is 158 Å². The summed E-state index contributed by atoms with van der Waals surface area (Å²) in [5.41, 5.74) is 3.04. The van der Waals surface area contributed by atoms with Crippen molar-refractivity contribution in [3.05, 3.63) is 71.1 Å². The molecular weight excluding hydrogens is 365 g/mol. The van der Waals surface area contributed by atoms with Crippen LogP contribution in [0, 0.1) is 12.7 Å². The molecule has 0 saturated heterocycles. The van der Waals surface area contributed by atoms with Crippen LogP contribution in [-0.2, 0) is 0 Å². The van der Waals surface area contributed by atoms with Gasteiger partial charge >= 0.3 is 0 Å². The Morgan fingerprint density at radius 3 is 2.44 bits per heavy atom. The molecule has 0 aliphatic heterocycles. The highest BCUT2D eigenvalue weighted by atomic mass is 32.1. The number of fused-ring (bicyclic) bond motifs is 1. The van der Waals surface area contributed by atoms with Gasteiger partial charge in [-0.2, -0.15) is 0 Å². The van der Waals surface area contributed by atoms with Crippen molar-refractivity contribution < 1.29 is 14.3 Å². The van der Waals surface area contributed by atoms with Gasteiger partial charge in [0.2, 0.25) is 0 Å². The Bertz CT molecular complexity index is 1130. The van der Waals surface area contributed by atoms with Gasteiger partial charge in [0.1, 0.15) is 16.4 Å². The molecule has 0 bridgehead atoms. The number of phenols is 1. The van der Waals surface area contributed by atoms with Crippen molar-refractivity contribution in [1.82, 2.24) is 9.38 Å². The number of rotatable bonds is 3. The Balaban J connectivity index is 1.67. The molecule has 1 N–H and O–H groups in total. The largest absolute Gasteiger partial charge is 0.508 e. The first-order valence-corrected chi connectivity index (χ1v) is 9.07. The number of benzene rings is 2. The summed E-state index contributed by atoms with van der Waals surface area (Å²) in [6, 6.07) is 12.6. The maximum absolute atomic E-state index is 13.1. The number of hydrogen-bond acceptors (Lipinski definition) is 4. The fourth-order valence-corrected chi connectivity index (χ4v) is 3.94. The molecule has 4 rings (SSSR count). The Kier molecular flexibility index (Phi) is 4.16. The predicted molar refractivity (Wildman–Crippen MR) is 104 cm³/mol. The van der Waals surface area contributed by atoms with Crippen LogP contribution in [0.4, 0.5) is 10.1 Å². The third kappa shape index (κ3) is 3.06. The minimum atomic E-state index is -0.291. The molecule has 0 aliphatic carbocycles. The number of carbonyl (C=O) groups is 1. The van der Waals surface area contributed by atoms with Gasteiger partial charge in [0.25, 0.3) is 5.91 Å². The van der Waals surface area contributed by atoms with Crippen molar-refractivity contribution in [3.8, 4) is 17.0 Å². The third-order valence-corrected chi connectivity index (χ3v) is 5.58. The number of anilines is 1. The zero-order valence-electron chi connectivity index (χ0n) is 14.7. The molecular formula is C20H16FN3O2S. The smallest absolute Gasteiger partial charge is 0.270 e. The van der Waals surface area contributed by atoms with Gasteiger partial charge in [0.05, 0.1) is 5.69 Å². The zero-order chi connectivity index (χ0) is 19.1. The van der Waals surface area contributed by atoms with Crippen LogP contribution in [-0.4, -0.2) is 27.4 Å². The molecule has 1 amide bonds. The zero-order valence-corrected chi connectivity index (χ0v) is 15.5. The van der Waals surface area contributed by atoms with E-state index >= 15 is 0 Å². The van der Waals surface area contributed by atoms with Gasteiger partial charge in [-0.15, -0.1) is 0 Å². The highest BCUT2D eigenvalue weighted by Crippen LogP contribution is 2.29. The summed E-state index contributed by atoms with van der Waals surface area (Å²) < 4.78 is 15.0. The average Bonchev–Trinajstić information content (AvgIpc) is 3.21. The first kappa shape index (κ1) is 17.2. The molecule has 4 aromatic rings. The van der Waals surface area contributed by atoms with E-state index in [0.717, 1.165) is 17.0 Å². The summed E-state index contributed by atoms with van der Waals surface area (Å²) in [5.74, 6) is -0.281. The van der Waals surface area contributed by atoms with Crippen molar-refractivity contribution in [2.24, 2.45) is 0 Å². The van der Waals surface area contributed by atoms with E-state index in [1.165, 1.54) is 23.5 Å². The molecule has 2 heterocycles. The van der Waals surface area contributed by atoms with Crippen LogP contribution in [0.3, 0.4) is 0 Å². The number of aromatic nitrogens is 2. The molecule has 0 saturated carbocycles. The standard InChI is InChI=1S/C20H16FN3O2S/c1-12-18(19(26)23(2)15-7-9-16(25)10-8-15)27-20-22-17(11-24(12)20)13-3-5-14(21)6-4-13/h3-11,25H,1-2H3. The lowest BCUT2D eigenvalue weighted by molar-refractivity contribution is 0.0996. The van der Waals surface area contributed by atoms with Crippen molar-refractivity contribution in [2.45, 2.75) is 6.92 Å². The summed E-state index contributed by atoms with van der Waals surface area (Å²) in [4.78, 5) is 20.3. The second kappa shape index (κ2) is 6.51. The fourth-order valence-electron chi connectivity index (χ4n) is 2.85. The van der Waals surface area contributed by atoms with Crippen LogP contribution in [0.1, 0.15) is 15.4 Å². The van der Waals surface area contributed by atoms with E-state index in [-0.39, 0.29) is 17.5 Å². The first-order chi connectivity index (χ1) is 12.9. The first-order valence-electron chi connectivity index (χ1n) is 8.25. The van der Waals surface area contributed by atoms with Crippen LogP contribution < -0.4 is 4.90 Å². The summed E-state index contributed by atoms with van der Waals surface area (Å²) >= 11 is 1.31. The van der Waals surface area contributed by atoms with Crippen molar-refractivity contribution >= 4 is 27.9 Å². The molecule has 2 aromatic carbocycles. The van der Waals surface area contributed by atoms with Gasteiger partial charge in [-0.25, -0.2) is 9.37 Å². The lowest BCUT2D eigenvalue weighted by atomic mass is 10.2. The highest BCUT2D eigenvalue weighted by Gasteiger charge is 2.22. The van der Waals surface area contributed by atoms with E-state index in [1.54, 1.807) is 48.3 Å². The minimum Gasteiger partial charge on any atom is -0.508 e. The van der Waals surface area contributed by atoms with E-state index in [0.29, 0.717) is 15.5 Å². The van der Waals surface area contributed by atoms with E-state index in [4.69, 9.17) is 0 Å². The highest BCUT2D eigenvalue weighted by molar-refractivity contribution is 7.19. The monoisotopic (exact) mass is 381 g/mol. The number of aromatic hydroxyl groups is 1. The summed E-state index contributed by atoms with van der Waals surface area (Å²) in [6.45, 7) is 1.87. The maximum atomic E-state index is 13.1. The summed E-state index contributed by atoms with van der Waals surface area (Å²) in [5, 5.41) is 9.41. The molecule has 2 aromatic heterocycles. The summed E-state index contributed by atoms with van der Waals surface area (Å²) in [6.07, 6.45) is 1.85. The quantitative estimate of drug-likeness (QED) is 0.569. The van der Waals surface area contributed by atoms with Gasteiger partial charge < -0.3 is 10.0 Å². The van der Waals surface area contributed by atoms with Crippen molar-refractivity contribution in [3.63, 3.8) is 0 Å². The lowest BCUT2D eigenvalue weighted by Crippen LogP contribution is -2.26. The lowest BCUT2D eigenvalue weighted by Gasteiger charge is -2.16. The summed E-state index contributed by atoms with van der Waals surface area (Å²) in [7, 11) is 1.70. The number of amides is 1. The Hall–Kier alpha value is -3.19. The van der Waals surface area contributed by atoms with E-state index in [9.17, 15) is 14.3 Å². The normalized spacial score (nSPS) is 11.1. The van der Waals surface area contributed by atoms with Crippen molar-refractivity contribution in [2.75, 3.05) is 11.9 Å². The molecule has 27 heavy (non-hydrogen) atoms. The van der Waals surface area contributed by atoms with Gasteiger partial charge in [0, 0.05) is 30.2 Å². The Morgan fingerprint density at radius 2 is 1.81 bits per heavy atom. The number of thiazole rings is 1. The minimum absolute atomic E-state index is 0.142. The second-order valence-electron chi connectivity index (χ2n) is 6.18. The molecule has 0 spiro atoms. The van der Waals surface area contributed by atoms with E-state index in [1.807, 2.05) is 17.5 Å². The van der Waals surface area contributed by atoms with Gasteiger partial charge in [-0.1, -0.05) is 11.3 Å². The molecule has 0 unspecified atom stereocenters. The molecule has 0 fully saturated rings. The molecule has 7 heteroatoms. The number of imidazole rings is 1. The number of nitrogens with zero attached hydrogens (tertiary/aromatic N) is 3. The van der Waals surface area contributed by atoms with Crippen molar-refractivity contribution in [1.29, 1.82) is 0 Å².